The maximum Gasteiger partial charge on any atom is 0.289 e. The van der Waals surface area contributed by atoms with Crippen molar-refractivity contribution in [2.45, 2.75) is 0 Å². The number of benzene rings is 1. The second kappa shape index (κ2) is 6.32. The fourth-order valence-electron chi connectivity index (χ4n) is 1.97. The molecule has 1 N–H and O–H groups in total. The lowest BCUT2D eigenvalue weighted by Gasteiger charge is -2.01. The molecule has 6 heteroatoms. The van der Waals surface area contributed by atoms with Gasteiger partial charge >= 0.3 is 0 Å². The smallest absolute Gasteiger partial charge is 0.266 e. The number of aromatic nitrogens is 2. The van der Waals surface area contributed by atoms with E-state index in [0.29, 0.717) is 10.7 Å². The molecule has 0 spiro atoms. The monoisotopic (exact) mass is 310 g/mol. The molecule has 0 saturated carbocycles. The maximum absolute atomic E-state index is 11.9. The molecule has 0 saturated heterocycles. The van der Waals surface area contributed by atoms with E-state index in [1.165, 1.54) is 18.5 Å². The summed E-state index contributed by atoms with van der Waals surface area (Å²) in [7, 11) is 0. The third kappa shape index (κ3) is 3.10. The first-order valence-electron chi connectivity index (χ1n) is 6.53. The van der Waals surface area contributed by atoms with Gasteiger partial charge < -0.3 is 0 Å². The average molecular weight is 311 g/mol. The predicted octanol–water partition coefficient (Wildman–Crippen LogP) is 3.05. The van der Waals surface area contributed by atoms with E-state index in [0.717, 1.165) is 10.8 Å². The van der Waals surface area contributed by atoms with Crippen LogP contribution in [0.15, 0.2) is 60.0 Å². The second-order valence-electron chi connectivity index (χ2n) is 4.48. The Hall–Kier alpha value is -2.79. The number of halogens is 1. The number of nitrogens with zero attached hydrogens (tertiary/aromatic N) is 3. The Morgan fingerprint density at radius 1 is 1.14 bits per heavy atom. The molecule has 0 aliphatic rings. The molecule has 3 rings (SSSR count). The number of hydrazone groups is 1. The summed E-state index contributed by atoms with van der Waals surface area (Å²) in [6.07, 6.45) is 4.62. The van der Waals surface area contributed by atoms with Gasteiger partial charge in [0.05, 0.1) is 16.9 Å². The zero-order valence-electron chi connectivity index (χ0n) is 11.4. The minimum atomic E-state index is -0.409. The molecular weight excluding hydrogens is 300 g/mol. The highest BCUT2D eigenvalue weighted by molar-refractivity contribution is 6.30. The van der Waals surface area contributed by atoms with Gasteiger partial charge in [-0.3, -0.25) is 9.78 Å². The second-order valence-corrected chi connectivity index (χ2v) is 4.91. The van der Waals surface area contributed by atoms with Gasteiger partial charge in [-0.25, -0.2) is 10.4 Å². The lowest BCUT2D eigenvalue weighted by Crippen LogP contribution is -2.18. The van der Waals surface area contributed by atoms with Crippen molar-refractivity contribution >= 4 is 34.5 Å². The first-order valence-corrected chi connectivity index (χ1v) is 6.90. The van der Waals surface area contributed by atoms with Crippen molar-refractivity contribution in [2.75, 3.05) is 0 Å². The Morgan fingerprint density at radius 3 is 2.82 bits per heavy atom. The summed E-state index contributed by atoms with van der Waals surface area (Å²) in [6.45, 7) is 0. The van der Waals surface area contributed by atoms with Crippen molar-refractivity contribution in [1.82, 2.24) is 15.4 Å². The minimum absolute atomic E-state index is 0.243. The van der Waals surface area contributed by atoms with E-state index in [4.69, 9.17) is 11.6 Å². The Labute approximate surface area is 131 Å². The van der Waals surface area contributed by atoms with Crippen LogP contribution in [0.5, 0.6) is 0 Å². The molecule has 0 fully saturated rings. The van der Waals surface area contributed by atoms with E-state index in [1.807, 2.05) is 30.3 Å². The average Bonchev–Trinajstić information content (AvgIpc) is 2.55. The molecule has 0 aliphatic heterocycles. The first-order chi connectivity index (χ1) is 10.7. The number of rotatable bonds is 3. The van der Waals surface area contributed by atoms with Crippen LogP contribution in [0.1, 0.15) is 16.2 Å². The number of carbonyl (C=O) groups excluding carboxylic acids is 1. The summed E-state index contributed by atoms with van der Waals surface area (Å²) in [5.74, 6) is -0.409. The maximum atomic E-state index is 11.9. The molecular formula is C16H11ClN4O. The van der Waals surface area contributed by atoms with Crippen molar-refractivity contribution < 1.29 is 4.79 Å². The topological polar surface area (TPSA) is 67.2 Å². The first kappa shape index (κ1) is 14.2. The SMILES string of the molecule is O=C(N/N=C/c1nccc2ccccc12)c1ccc(Cl)cn1. The van der Waals surface area contributed by atoms with E-state index in [-0.39, 0.29) is 5.69 Å². The van der Waals surface area contributed by atoms with Gasteiger partial charge in [0.25, 0.3) is 5.91 Å². The molecule has 0 unspecified atom stereocenters. The third-order valence-corrected chi connectivity index (χ3v) is 3.24. The zero-order chi connectivity index (χ0) is 15.4. The molecule has 0 radical (unpaired) electrons. The molecule has 5 nitrogen and oxygen atoms in total. The minimum Gasteiger partial charge on any atom is -0.266 e. The van der Waals surface area contributed by atoms with Crippen LogP contribution in [0.2, 0.25) is 5.02 Å². The summed E-state index contributed by atoms with van der Waals surface area (Å²) in [6, 6.07) is 12.9. The van der Waals surface area contributed by atoms with Crippen LogP contribution < -0.4 is 5.43 Å². The summed E-state index contributed by atoms with van der Waals surface area (Å²) in [5, 5.41) is 6.43. The van der Waals surface area contributed by atoms with Crippen molar-refractivity contribution in [3.63, 3.8) is 0 Å². The number of hydrogen-bond donors (Lipinski definition) is 1. The van der Waals surface area contributed by atoms with Gasteiger partial charge in [-0.05, 0) is 23.6 Å². The fraction of sp³-hybridized carbons (Fsp3) is 0. The normalized spacial score (nSPS) is 11.0. The number of fused-ring (bicyclic) bond motifs is 1. The highest BCUT2D eigenvalue weighted by Gasteiger charge is 2.05. The van der Waals surface area contributed by atoms with Gasteiger partial charge in [0.15, 0.2) is 0 Å². The summed E-state index contributed by atoms with van der Waals surface area (Å²) < 4.78 is 0. The highest BCUT2D eigenvalue weighted by atomic mass is 35.5. The van der Waals surface area contributed by atoms with Crippen molar-refractivity contribution in [1.29, 1.82) is 0 Å². The van der Waals surface area contributed by atoms with E-state index in [1.54, 1.807) is 12.3 Å². The molecule has 22 heavy (non-hydrogen) atoms. The zero-order valence-corrected chi connectivity index (χ0v) is 12.2. The molecule has 3 aromatic rings. The lowest BCUT2D eigenvalue weighted by atomic mass is 10.1. The number of amides is 1. The number of hydrogen-bond acceptors (Lipinski definition) is 4. The molecule has 2 aromatic heterocycles. The molecule has 0 atom stereocenters. The van der Waals surface area contributed by atoms with Crippen LogP contribution in [0.25, 0.3) is 10.8 Å². The third-order valence-electron chi connectivity index (χ3n) is 3.02. The molecule has 108 valence electrons. The van der Waals surface area contributed by atoms with E-state index < -0.39 is 5.91 Å². The van der Waals surface area contributed by atoms with Gasteiger partial charge in [-0.2, -0.15) is 5.10 Å². The summed E-state index contributed by atoms with van der Waals surface area (Å²) >= 11 is 5.72. The Morgan fingerprint density at radius 2 is 2.00 bits per heavy atom. The largest absolute Gasteiger partial charge is 0.289 e. The molecule has 1 aromatic carbocycles. The number of nitrogens with one attached hydrogen (secondary N) is 1. The Balaban J connectivity index is 1.76. The molecule has 0 aliphatic carbocycles. The van der Waals surface area contributed by atoms with Crippen LogP contribution in [-0.2, 0) is 0 Å². The van der Waals surface area contributed by atoms with E-state index in [9.17, 15) is 4.79 Å². The predicted molar refractivity (Wildman–Crippen MR) is 86.1 cm³/mol. The summed E-state index contributed by atoms with van der Waals surface area (Å²) in [4.78, 5) is 20.0. The Bertz CT molecular complexity index is 841. The van der Waals surface area contributed by atoms with Crippen LogP contribution in [-0.4, -0.2) is 22.1 Å². The Kier molecular flexibility index (Phi) is 4.07. The van der Waals surface area contributed by atoms with Crippen molar-refractivity contribution in [2.24, 2.45) is 5.10 Å². The number of carbonyl (C=O) groups is 1. The summed E-state index contributed by atoms with van der Waals surface area (Å²) in [5.41, 5.74) is 3.34. The van der Waals surface area contributed by atoms with Gasteiger partial charge in [-0.15, -0.1) is 0 Å². The van der Waals surface area contributed by atoms with Gasteiger partial charge in [0, 0.05) is 17.8 Å². The number of pyridine rings is 2. The standard InChI is InChI=1S/C16H11ClN4O/c17-12-5-6-14(19-9-12)16(22)21-20-10-15-13-4-2-1-3-11(13)7-8-18-15/h1-10H,(H,21,22)/b20-10+. The molecule has 2 heterocycles. The van der Waals surface area contributed by atoms with Crippen LogP contribution >= 0.6 is 11.6 Å². The highest BCUT2D eigenvalue weighted by Crippen LogP contribution is 2.14. The molecule has 0 bridgehead atoms. The van der Waals surface area contributed by atoms with Gasteiger partial charge in [0.2, 0.25) is 0 Å². The van der Waals surface area contributed by atoms with E-state index in [2.05, 4.69) is 20.5 Å². The van der Waals surface area contributed by atoms with Gasteiger partial charge in [-0.1, -0.05) is 35.9 Å². The van der Waals surface area contributed by atoms with Crippen LogP contribution in [0, 0.1) is 0 Å². The van der Waals surface area contributed by atoms with Crippen molar-refractivity contribution in [3.05, 3.63) is 71.3 Å². The van der Waals surface area contributed by atoms with Gasteiger partial charge in [0.1, 0.15) is 5.69 Å². The quantitative estimate of drug-likeness (QED) is 0.597. The molecule has 1 amide bonds. The van der Waals surface area contributed by atoms with Crippen LogP contribution in [0.3, 0.4) is 0 Å². The van der Waals surface area contributed by atoms with E-state index >= 15 is 0 Å². The van der Waals surface area contributed by atoms with Crippen molar-refractivity contribution in [3.8, 4) is 0 Å². The fourth-order valence-corrected chi connectivity index (χ4v) is 2.08. The lowest BCUT2D eigenvalue weighted by molar-refractivity contribution is 0.0950. The van der Waals surface area contributed by atoms with Crippen LogP contribution in [0.4, 0.5) is 0 Å².